The Morgan fingerprint density at radius 2 is 0.975 bits per heavy atom. The predicted molar refractivity (Wildman–Crippen MR) is 327 cm³/mol. The van der Waals surface area contributed by atoms with Gasteiger partial charge in [-0.2, -0.15) is 0 Å². The maximum Gasteiger partial charge on any atom is 0.137 e. The van der Waals surface area contributed by atoms with E-state index in [1.165, 1.54) is 77.4 Å². The van der Waals surface area contributed by atoms with Gasteiger partial charge in [-0.1, -0.05) is 188 Å². The molecule has 6 heteroatoms. The van der Waals surface area contributed by atoms with Crippen molar-refractivity contribution in [2.45, 2.75) is 6.92 Å². The minimum Gasteiger partial charge on any atom is -0.457 e. The molecule has 0 atom stereocenters. The number of para-hydroxylation sites is 5. The third kappa shape index (κ3) is 7.01. The molecule has 14 aromatic rings. The molecule has 0 spiro atoms. The molecule has 0 aliphatic carbocycles. The molecule has 16 rings (SSSR count). The number of anilines is 4. The summed E-state index contributed by atoms with van der Waals surface area (Å²) in [6, 6.07) is 93.9. The zero-order chi connectivity index (χ0) is 52.1. The molecule has 0 unspecified atom stereocenters. The molecule has 79 heavy (non-hydrogen) atoms. The number of benzene rings is 11. The van der Waals surface area contributed by atoms with Crippen LogP contribution in [-0.2, 0) is 0 Å². The van der Waals surface area contributed by atoms with Crippen molar-refractivity contribution in [2.75, 3.05) is 16.5 Å². The monoisotopic (exact) mass is 1010 g/mol. The summed E-state index contributed by atoms with van der Waals surface area (Å²) in [5, 5.41) is 4.78. The highest BCUT2D eigenvalue weighted by Gasteiger charge is 2.32. The summed E-state index contributed by atoms with van der Waals surface area (Å²) in [5.74, 6) is 2.32. The van der Waals surface area contributed by atoms with Crippen molar-refractivity contribution in [3.8, 4) is 78.6 Å². The minimum atomic E-state index is 0.608. The summed E-state index contributed by atoms with van der Waals surface area (Å²) in [6.07, 6.45) is 2.03. The van der Waals surface area contributed by atoms with Crippen LogP contribution in [-0.4, -0.2) is 20.8 Å². The lowest BCUT2D eigenvalue weighted by molar-refractivity contribution is 0.483. The fraction of sp³-hybridized carbons (Fsp3) is 0.0274. The molecule has 372 valence electrons. The van der Waals surface area contributed by atoms with E-state index in [2.05, 4.69) is 287 Å². The van der Waals surface area contributed by atoms with E-state index in [-0.39, 0.29) is 0 Å². The number of hydrogen-bond acceptors (Lipinski definition) is 4. The van der Waals surface area contributed by atoms with E-state index in [0.717, 1.165) is 73.2 Å². The fourth-order valence-electron chi connectivity index (χ4n) is 12.9. The van der Waals surface area contributed by atoms with Crippen LogP contribution >= 0.6 is 0 Å². The number of nitrogens with zero attached hydrogens (tertiary/aromatic N) is 5. The molecule has 3 aromatic heterocycles. The van der Waals surface area contributed by atoms with Crippen LogP contribution in [0.25, 0.3) is 111 Å². The molecule has 0 fully saturated rings. The highest BCUT2D eigenvalue weighted by atomic mass is 16.5. The number of fused-ring (bicyclic) bond motifs is 13. The molecular weight excluding hydrogens is 963 g/mol. The van der Waals surface area contributed by atoms with Gasteiger partial charge in [-0.3, -0.25) is 4.57 Å². The average molecular weight is 1010 g/mol. The Bertz CT molecular complexity index is 4690. The largest absolute Gasteiger partial charge is 0.457 e. The Labute approximate surface area is 457 Å². The van der Waals surface area contributed by atoms with Gasteiger partial charge in [-0.15, -0.1) is 0 Å². The van der Waals surface area contributed by atoms with E-state index in [1.54, 1.807) is 0 Å². The second-order valence-corrected chi connectivity index (χ2v) is 20.7. The van der Waals surface area contributed by atoms with Crippen molar-refractivity contribution >= 4 is 66.4 Å². The van der Waals surface area contributed by atoms with Crippen molar-refractivity contribution in [3.05, 3.63) is 273 Å². The van der Waals surface area contributed by atoms with Crippen molar-refractivity contribution in [1.82, 2.24) is 14.1 Å². The quantitative estimate of drug-likeness (QED) is 0.152. The van der Waals surface area contributed by atoms with E-state index in [4.69, 9.17) is 9.72 Å². The zero-order valence-corrected chi connectivity index (χ0v) is 43.3. The minimum absolute atomic E-state index is 0.608. The molecule has 0 amide bonds. The average Bonchev–Trinajstić information content (AvgIpc) is 4.29. The van der Waals surface area contributed by atoms with Crippen molar-refractivity contribution in [2.24, 2.45) is 0 Å². The molecule has 5 heterocycles. The van der Waals surface area contributed by atoms with Crippen molar-refractivity contribution in [1.29, 1.82) is 0 Å². The summed E-state index contributed by atoms with van der Waals surface area (Å²) in [5.41, 5.74) is 23.1. The first-order valence-corrected chi connectivity index (χ1v) is 27.0. The lowest BCUT2D eigenvalue weighted by Gasteiger charge is -2.27. The van der Waals surface area contributed by atoms with E-state index in [9.17, 15) is 0 Å². The van der Waals surface area contributed by atoms with Gasteiger partial charge in [-0.25, -0.2) is 4.98 Å². The van der Waals surface area contributed by atoms with Gasteiger partial charge in [0.2, 0.25) is 0 Å². The number of pyridine rings is 1. The standard InChI is InChI=1S/C73H49N5O/c1-47-42-69(74-45-62(47)50-24-9-4-10-25-50)77-66-40-41-67-70(58-30-12-11-28-56(58)59-33-19-34-60-57-29-13-14-35-63(57)78(67)73(59)60)71(66)61-39-38-53(44-68(61)77)79-52-27-17-26-51(43-52)75-46-76(65-37-16-15-36-64(65)75)72-54(48-20-5-2-6-21-48)31-18-32-55(72)49-22-7-3-8-23-49/h2-45H,46H2,1H3. The normalized spacial score (nSPS) is 12.5. The van der Waals surface area contributed by atoms with Crippen molar-refractivity contribution < 1.29 is 4.74 Å². The SMILES string of the molecule is Cc1cc(-n2c3cc(Oc4cccc(N5CN(c6c(-c7ccccc7)cccc6-c6ccccc6)c6ccccc65)c4)ccc3c3c4c(ccc32)-n2c3ccccc3c3cccc(c32)-c2ccccc2-4)ncc1-c1ccccc1. The number of hydrogen-bond donors (Lipinski definition) is 0. The maximum absolute atomic E-state index is 7.06. The smallest absolute Gasteiger partial charge is 0.137 e. The summed E-state index contributed by atoms with van der Waals surface area (Å²) < 4.78 is 11.9. The van der Waals surface area contributed by atoms with E-state index >= 15 is 0 Å². The number of aryl methyl sites for hydroxylation is 1. The Balaban J connectivity index is 0.848. The third-order valence-electron chi connectivity index (χ3n) is 16.3. The summed E-state index contributed by atoms with van der Waals surface area (Å²) in [7, 11) is 0. The van der Waals surface area contributed by atoms with Crippen LogP contribution < -0.4 is 14.5 Å². The van der Waals surface area contributed by atoms with Crippen LogP contribution in [0, 0.1) is 6.92 Å². The zero-order valence-electron chi connectivity index (χ0n) is 43.3. The van der Waals surface area contributed by atoms with Gasteiger partial charge in [0.05, 0.1) is 44.8 Å². The molecule has 0 saturated carbocycles. The van der Waals surface area contributed by atoms with Gasteiger partial charge >= 0.3 is 0 Å². The van der Waals surface area contributed by atoms with Gasteiger partial charge in [-0.05, 0) is 101 Å². The van der Waals surface area contributed by atoms with E-state index < -0.39 is 0 Å². The first kappa shape index (κ1) is 44.8. The number of aromatic nitrogens is 3. The maximum atomic E-state index is 7.06. The lowest BCUT2D eigenvalue weighted by Crippen LogP contribution is -2.24. The van der Waals surface area contributed by atoms with Crippen LogP contribution in [0.2, 0.25) is 0 Å². The van der Waals surface area contributed by atoms with Crippen LogP contribution in [0.1, 0.15) is 5.56 Å². The van der Waals surface area contributed by atoms with Crippen LogP contribution in [0.5, 0.6) is 11.5 Å². The highest BCUT2D eigenvalue weighted by Crippen LogP contribution is 2.53. The highest BCUT2D eigenvalue weighted by molar-refractivity contribution is 6.23. The Kier molecular flexibility index (Phi) is 10.1. The number of ether oxygens (including phenoxy) is 1. The second kappa shape index (κ2) is 17.8. The van der Waals surface area contributed by atoms with Crippen molar-refractivity contribution in [3.63, 3.8) is 0 Å². The topological polar surface area (TPSA) is 38.5 Å². The molecule has 11 aromatic carbocycles. The molecule has 0 saturated heterocycles. The van der Waals surface area contributed by atoms with Gasteiger partial charge in [0.25, 0.3) is 0 Å². The van der Waals surface area contributed by atoms with Gasteiger partial charge < -0.3 is 19.1 Å². The van der Waals surface area contributed by atoms with Gasteiger partial charge in [0.15, 0.2) is 0 Å². The summed E-state index contributed by atoms with van der Waals surface area (Å²) in [4.78, 5) is 10.2. The van der Waals surface area contributed by atoms with Crippen LogP contribution in [0.4, 0.5) is 22.7 Å². The van der Waals surface area contributed by atoms with E-state index in [0.29, 0.717) is 6.67 Å². The molecule has 2 aliphatic rings. The first-order valence-electron chi connectivity index (χ1n) is 27.0. The third-order valence-corrected chi connectivity index (χ3v) is 16.3. The van der Waals surface area contributed by atoms with Gasteiger partial charge in [0.1, 0.15) is 24.0 Å². The van der Waals surface area contributed by atoms with Crippen LogP contribution in [0.15, 0.2) is 267 Å². The molecule has 0 bridgehead atoms. The van der Waals surface area contributed by atoms with Crippen LogP contribution in [0.3, 0.4) is 0 Å². The summed E-state index contributed by atoms with van der Waals surface area (Å²) >= 11 is 0. The van der Waals surface area contributed by atoms with Gasteiger partial charge in [0, 0.05) is 73.4 Å². The molecular formula is C73H49N5O. The Hall–Kier alpha value is -10.4. The lowest BCUT2D eigenvalue weighted by atomic mass is 9.91. The Morgan fingerprint density at radius 1 is 0.380 bits per heavy atom. The first-order chi connectivity index (χ1) is 39.1. The van der Waals surface area contributed by atoms with E-state index in [1.807, 2.05) is 6.20 Å². The molecule has 6 nitrogen and oxygen atoms in total. The fourth-order valence-corrected chi connectivity index (χ4v) is 12.9. The Morgan fingerprint density at radius 3 is 1.72 bits per heavy atom. The molecule has 0 radical (unpaired) electrons. The molecule has 0 N–H and O–H groups in total. The predicted octanol–water partition coefficient (Wildman–Crippen LogP) is 19.3. The number of rotatable bonds is 8. The summed E-state index contributed by atoms with van der Waals surface area (Å²) in [6.45, 7) is 2.80. The molecule has 2 aliphatic heterocycles. The second-order valence-electron chi connectivity index (χ2n) is 20.7.